The van der Waals surface area contributed by atoms with Gasteiger partial charge in [-0.25, -0.2) is 13.1 Å². The number of likely N-dealkylation sites (tertiary alicyclic amines) is 1. The molecule has 0 aliphatic carbocycles. The SMILES string of the molecule is CS(=O)(=O)NC1CCN(C2CCOC2)C1. The van der Waals surface area contributed by atoms with Crippen LogP contribution in [0.1, 0.15) is 12.8 Å². The predicted octanol–water partition coefficient (Wildman–Crippen LogP) is -0.601. The maximum absolute atomic E-state index is 11.1. The minimum Gasteiger partial charge on any atom is -0.380 e. The van der Waals surface area contributed by atoms with Crippen LogP contribution in [0.2, 0.25) is 0 Å². The molecule has 2 atom stereocenters. The first kappa shape index (κ1) is 11.3. The van der Waals surface area contributed by atoms with E-state index < -0.39 is 10.0 Å². The van der Waals surface area contributed by atoms with Crippen molar-refractivity contribution in [3.8, 4) is 0 Å². The molecule has 15 heavy (non-hydrogen) atoms. The topological polar surface area (TPSA) is 58.6 Å². The Morgan fingerprint density at radius 3 is 2.80 bits per heavy atom. The van der Waals surface area contributed by atoms with Gasteiger partial charge >= 0.3 is 0 Å². The van der Waals surface area contributed by atoms with Crippen LogP contribution in [-0.2, 0) is 14.8 Å². The molecular formula is C9H18N2O3S. The Hall–Kier alpha value is -0.170. The van der Waals surface area contributed by atoms with Crippen LogP contribution in [-0.4, -0.2) is 58.0 Å². The van der Waals surface area contributed by atoms with Crippen LogP contribution in [0.3, 0.4) is 0 Å². The number of rotatable bonds is 3. The first-order valence-electron chi connectivity index (χ1n) is 5.34. The molecule has 2 unspecified atom stereocenters. The van der Waals surface area contributed by atoms with E-state index in [4.69, 9.17) is 4.74 Å². The molecule has 2 fully saturated rings. The van der Waals surface area contributed by atoms with Gasteiger partial charge in [-0.15, -0.1) is 0 Å². The maximum Gasteiger partial charge on any atom is 0.208 e. The Bertz CT molecular complexity index is 311. The molecule has 0 spiro atoms. The Morgan fingerprint density at radius 1 is 1.40 bits per heavy atom. The lowest BCUT2D eigenvalue weighted by Crippen LogP contribution is -2.39. The highest BCUT2D eigenvalue weighted by atomic mass is 32.2. The fourth-order valence-corrected chi connectivity index (χ4v) is 3.13. The molecule has 5 nitrogen and oxygen atoms in total. The Balaban J connectivity index is 1.84. The standard InChI is InChI=1S/C9H18N2O3S/c1-15(12,13)10-8-2-4-11(6-8)9-3-5-14-7-9/h8-10H,2-7H2,1H3. The van der Waals surface area contributed by atoms with Crippen LogP contribution < -0.4 is 4.72 Å². The van der Waals surface area contributed by atoms with Crippen molar-refractivity contribution in [1.29, 1.82) is 0 Å². The van der Waals surface area contributed by atoms with Gasteiger partial charge in [0.1, 0.15) is 0 Å². The third-order valence-electron chi connectivity index (χ3n) is 3.02. The molecule has 0 radical (unpaired) electrons. The molecule has 0 amide bonds. The summed E-state index contributed by atoms with van der Waals surface area (Å²) in [6, 6.07) is 0.581. The number of hydrogen-bond donors (Lipinski definition) is 1. The molecule has 0 saturated carbocycles. The minimum absolute atomic E-state index is 0.0839. The van der Waals surface area contributed by atoms with Gasteiger partial charge in [0.15, 0.2) is 0 Å². The lowest BCUT2D eigenvalue weighted by atomic mass is 10.2. The second-order valence-corrected chi connectivity index (χ2v) is 6.17. The van der Waals surface area contributed by atoms with Crippen LogP contribution in [0, 0.1) is 0 Å². The number of nitrogens with one attached hydrogen (secondary N) is 1. The number of nitrogens with zero attached hydrogens (tertiary/aromatic N) is 1. The van der Waals surface area contributed by atoms with Crippen LogP contribution >= 0.6 is 0 Å². The summed E-state index contributed by atoms with van der Waals surface area (Å²) in [5.41, 5.74) is 0. The van der Waals surface area contributed by atoms with Gasteiger partial charge in [0.2, 0.25) is 10.0 Å². The number of ether oxygens (including phenoxy) is 1. The van der Waals surface area contributed by atoms with Crippen LogP contribution in [0.5, 0.6) is 0 Å². The maximum atomic E-state index is 11.1. The van der Waals surface area contributed by atoms with Gasteiger partial charge < -0.3 is 4.74 Å². The van der Waals surface area contributed by atoms with Gasteiger partial charge in [-0.3, -0.25) is 4.90 Å². The van der Waals surface area contributed by atoms with E-state index in [0.29, 0.717) is 6.04 Å². The van der Waals surface area contributed by atoms with E-state index in [1.165, 1.54) is 6.26 Å². The summed E-state index contributed by atoms with van der Waals surface area (Å²) in [4.78, 5) is 2.33. The lowest BCUT2D eigenvalue weighted by Gasteiger charge is -2.22. The summed E-state index contributed by atoms with van der Waals surface area (Å²) in [5, 5.41) is 0. The van der Waals surface area contributed by atoms with Gasteiger partial charge in [0, 0.05) is 31.8 Å². The summed E-state index contributed by atoms with van der Waals surface area (Å²) in [7, 11) is -3.06. The van der Waals surface area contributed by atoms with E-state index in [-0.39, 0.29) is 6.04 Å². The third-order valence-corrected chi connectivity index (χ3v) is 3.78. The highest BCUT2D eigenvalue weighted by Crippen LogP contribution is 2.18. The lowest BCUT2D eigenvalue weighted by molar-refractivity contribution is 0.158. The first-order valence-corrected chi connectivity index (χ1v) is 7.23. The van der Waals surface area contributed by atoms with E-state index in [1.807, 2.05) is 0 Å². The van der Waals surface area contributed by atoms with Gasteiger partial charge in [-0.05, 0) is 12.8 Å². The Morgan fingerprint density at radius 2 is 2.20 bits per heavy atom. The van der Waals surface area contributed by atoms with Crippen molar-refractivity contribution in [3.05, 3.63) is 0 Å². The zero-order chi connectivity index (χ0) is 10.9. The monoisotopic (exact) mass is 234 g/mol. The van der Waals surface area contributed by atoms with Gasteiger partial charge in [0.25, 0.3) is 0 Å². The molecule has 0 aromatic heterocycles. The predicted molar refractivity (Wildman–Crippen MR) is 57.2 cm³/mol. The summed E-state index contributed by atoms with van der Waals surface area (Å²) < 4.78 is 30.1. The summed E-state index contributed by atoms with van der Waals surface area (Å²) in [6.07, 6.45) is 3.20. The quantitative estimate of drug-likeness (QED) is 0.708. The Kier molecular flexibility index (Phi) is 3.30. The molecular weight excluding hydrogens is 216 g/mol. The smallest absolute Gasteiger partial charge is 0.208 e. The average Bonchev–Trinajstić information content (AvgIpc) is 2.68. The number of hydrogen-bond acceptors (Lipinski definition) is 4. The fourth-order valence-electron chi connectivity index (χ4n) is 2.33. The molecule has 2 saturated heterocycles. The molecule has 2 heterocycles. The number of sulfonamides is 1. The van der Waals surface area contributed by atoms with Crippen molar-refractivity contribution in [2.45, 2.75) is 24.9 Å². The van der Waals surface area contributed by atoms with Crippen molar-refractivity contribution < 1.29 is 13.2 Å². The average molecular weight is 234 g/mol. The zero-order valence-corrected chi connectivity index (χ0v) is 9.79. The van der Waals surface area contributed by atoms with Crippen molar-refractivity contribution in [3.63, 3.8) is 0 Å². The summed E-state index contributed by atoms with van der Waals surface area (Å²) in [5.74, 6) is 0. The molecule has 0 aromatic rings. The van der Waals surface area contributed by atoms with Gasteiger partial charge in [-0.1, -0.05) is 0 Å². The second-order valence-electron chi connectivity index (χ2n) is 4.39. The molecule has 0 bridgehead atoms. The van der Waals surface area contributed by atoms with E-state index in [0.717, 1.165) is 39.1 Å². The van der Waals surface area contributed by atoms with E-state index in [1.54, 1.807) is 0 Å². The van der Waals surface area contributed by atoms with Crippen molar-refractivity contribution in [2.24, 2.45) is 0 Å². The molecule has 88 valence electrons. The summed E-state index contributed by atoms with van der Waals surface area (Å²) >= 11 is 0. The molecule has 2 aliphatic rings. The zero-order valence-electron chi connectivity index (χ0n) is 8.98. The second kappa shape index (κ2) is 4.37. The minimum atomic E-state index is -3.06. The third kappa shape index (κ3) is 3.14. The highest BCUT2D eigenvalue weighted by molar-refractivity contribution is 7.88. The van der Waals surface area contributed by atoms with Crippen molar-refractivity contribution in [1.82, 2.24) is 9.62 Å². The molecule has 2 rings (SSSR count). The largest absolute Gasteiger partial charge is 0.380 e. The van der Waals surface area contributed by atoms with E-state index >= 15 is 0 Å². The molecule has 6 heteroatoms. The molecule has 2 aliphatic heterocycles. The van der Waals surface area contributed by atoms with Crippen molar-refractivity contribution >= 4 is 10.0 Å². The first-order chi connectivity index (χ1) is 7.04. The van der Waals surface area contributed by atoms with E-state index in [2.05, 4.69) is 9.62 Å². The van der Waals surface area contributed by atoms with Crippen LogP contribution in [0.15, 0.2) is 0 Å². The van der Waals surface area contributed by atoms with E-state index in [9.17, 15) is 8.42 Å². The van der Waals surface area contributed by atoms with Gasteiger partial charge in [0.05, 0.1) is 12.9 Å². The van der Waals surface area contributed by atoms with Crippen LogP contribution in [0.4, 0.5) is 0 Å². The van der Waals surface area contributed by atoms with Gasteiger partial charge in [-0.2, -0.15) is 0 Å². The molecule has 1 N–H and O–H groups in total. The Labute approximate surface area is 90.8 Å². The fraction of sp³-hybridized carbons (Fsp3) is 1.00. The van der Waals surface area contributed by atoms with Crippen molar-refractivity contribution in [2.75, 3.05) is 32.6 Å². The highest BCUT2D eigenvalue weighted by Gasteiger charge is 2.31. The normalized spacial score (nSPS) is 33.7. The summed E-state index contributed by atoms with van der Waals surface area (Å²) in [6.45, 7) is 3.43. The molecule has 0 aromatic carbocycles. The van der Waals surface area contributed by atoms with Crippen LogP contribution in [0.25, 0.3) is 0 Å².